The van der Waals surface area contributed by atoms with Crippen LogP contribution in [-0.2, 0) is 0 Å². The smallest absolute Gasteiger partial charge is 0.150 e. The molecule has 0 spiro atoms. The maximum Gasteiger partial charge on any atom is 0.150 e. The van der Waals surface area contributed by atoms with Crippen molar-refractivity contribution < 1.29 is 4.79 Å². The van der Waals surface area contributed by atoms with Gasteiger partial charge in [-0.1, -0.05) is 0 Å². The Labute approximate surface area is 94.7 Å². The summed E-state index contributed by atoms with van der Waals surface area (Å²) in [6.45, 7) is 0. The third-order valence-corrected chi connectivity index (χ3v) is 4.03. The van der Waals surface area contributed by atoms with Crippen molar-refractivity contribution in [2.45, 2.75) is 12.5 Å². The van der Waals surface area contributed by atoms with Crippen molar-refractivity contribution in [1.82, 2.24) is 0 Å². The van der Waals surface area contributed by atoms with Crippen LogP contribution in [0.4, 0.5) is 5.69 Å². The van der Waals surface area contributed by atoms with Crippen LogP contribution >= 0.6 is 11.8 Å². The molecule has 0 amide bonds. The first-order valence-corrected chi connectivity index (χ1v) is 6.32. The molecule has 1 unspecified atom stereocenters. The normalized spacial score (nSPS) is 20.2. The van der Waals surface area contributed by atoms with Crippen LogP contribution in [0.1, 0.15) is 16.8 Å². The van der Waals surface area contributed by atoms with E-state index in [9.17, 15) is 4.79 Å². The van der Waals surface area contributed by atoms with E-state index in [1.165, 1.54) is 23.6 Å². The van der Waals surface area contributed by atoms with Crippen LogP contribution in [0.3, 0.4) is 0 Å². The number of thioether (sulfide) groups is 1. The van der Waals surface area contributed by atoms with E-state index in [1.807, 2.05) is 36.0 Å². The summed E-state index contributed by atoms with van der Waals surface area (Å²) in [5.41, 5.74) is 1.95. The molecule has 1 aromatic carbocycles. The van der Waals surface area contributed by atoms with Crippen LogP contribution in [-0.4, -0.2) is 30.9 Å². The number of carbonyl (C=O) groups excluding carboxylic acids is 1. The Kier molecular flexibility index (Phi) is 3.31. The topological polar surface area (TPSA) is 20.3 Å². The van der Waals surface area contributed by atoms with Crippen LogP contribution < -0.4 is 4.90 Å². The Morgan fingerprint density at radius 3 is 2.67 bits per heavy atom. The molecule has 1 fully saturated rings. The summed E-state index contributed by atoms with van der Waals surface area (Å²) in [5, 5.41) is 0. The van der Waals surface area contributed by atoms with Gasteiger partial charge in [-0.25, -0.2) is 0 Å². The van der Waals surface area contributed by atoms with E-state index in [4.69, 9.17) is 0 Å². The summed E-state index contributed by atoms with van der Waals surface area (Å²) in [6, 6.07) is 8.44. The first-order valence-electron chi connectivity index (χ1n) is 5.17. The molecular weight excluding hydrogens is 206 g/mol. The molecule has 0 radical (unpaired) electrons. The lowest BCUT2D eigenvalue weighted by molar-refractivity contribution is 0.112. The number of benzene rings is 1. The molecule has 2 nitrogen and oxygen atoms in total. The zero-order valence-corrected chi connectivity index (χ0v) is 9.67. The van der Waals surface area contributed by atoms with Crippen LogP contribution in [0, 0.1) is 0 Å². The van der Waals surface area contributed by atoms with Gasteiger partial charge in [0.25, 0.3) is 0 Å². The molecular formula is C12H15NOS. The molecule has 15 heavy (non-hydrogen) atoms. The second kappa shape index (κ2) is 4.71. The largest absolute Gasteiger partial charge is 0.371 e. The Hall–Kier alpha value is -0.960. The van der Waals surface area contributed by atoms with Gasteiger partial charge in [0.1, 0.15) is 6.29 Å². The molecule has 1 saturated heterocycles. The second-order valence-electron chi connectivity index (χ2n) is 3.84. The fraction of sp³-hybridized carbons (Fsp3) is 0.417. The summed E-state index contributed by atoms with van der Waals surface area (Å²) < 4.78 is 0. The van der Waals surface area contributed by atoms with Crippen molar-refractivity contribution in [1.29, 1.82) is 0 Å². The van der Waals surface area contributed by atoms with Crippen LogP contribution in [0.5, 0.6) is 0 Å². The third kappa shape index (κ3) is 2.34. The van der Waals surface area contributed by atoms with E-state index in [1.54, 1.807) is 0 Å². The first kappa shape index (κ1) is 10.6. The Balaban J connectivity index is 2.10. The molecule has 0 N–H and O–H groups in total. The fourth-order valence-electron chi connectivity index (χ4n) is 1.83. The zero-order chi connectivity index (χ0) is 10.7. The fourth-order valence-corrected chi connectivity index (χ4v) is 3.09. The van der Waals surface area contributed by atoms with Crippen LogP contribution in [0.25, 0.3) is 0 Å². The van der Waals surface area contributed by atoms with Crippen LogP contribution in [0.15, 0.2) is 24.3 Å². The highest BCUT2D eigenvalue weighted by atomic mass is 32.2. The Morgan fingerprint density at radius 2 is 2.13 bits per heavy atom. The standard InChI is InChI=1S/C12H15NOS/c1-13(12-6-7-15-9-12)11-4-2-10(8-14)3-5-11/h2-5,8,12H,6-7,9H2,1H3. The van der Waals surface area contributed by atoms with Crippen molar-refractivity contribution in [3.63, 3.8) is 0 Å². The molecule has 3 heteroatoms. The van der Waals surface area contributed by atoms with Crippen LogP contribution in [0.2, 0.25) is 0 Å². The monoisotopic (exact) mass is 221 g/mol. The number of aldehydes is 1. The summed E-state index contributed by atoms with van der Waals surface area (Å²) >= 11 is 2.01. The van der Waals surface area contributed by atoms with Gasteiger partial charge in [-0.15, -0.1) is 0 Å². The average molecular weight is 221 g/mol. The molecule has 1 aliphatic rings. The van der Waals surface area contributed by atoms with E-state index in [-0.39, 0.29) is 0 Å². The lowest BCUT2D eigenvalue weighted by atomic mass is 10.1. The highest BCUT2D eigenvalue weighted by molar-refractivity contribution is 7.99. The highest BCUT2D eigenvalue weighted by Gasteiger charge is 2.19. The molecule has 1 heterocycles. The maximum atomic E-state index is 10.5. The third-order valence-electron chi connectivity index (χ3n) is 2.89. The summed E-state index contributed by atoms with van der Waals surface area (Å²) in [7, 11) is 2.13. The predicted molar refractivity (Wildman–Crippen MR) is 66.0 cm³/mol. The Bertz CT molecular complexity index is 330. The number of nitrogens with zero attached hydrogens (tertiary/aromatic N) is 1. The van der Waals surface area contributed by atoms with Gasteiger partial charge in [0.15, 0.2) is 0 Å². The first-order chi connectivity index (χ1) is 7.31. The Morgan fingerprint density at radius 1 is 1.40 bits per heavy atom. The van der Waals surface area contributed by atoms with Gasteiger partial charge in [0.05, 0.1) is 0 Å². The zero-order valence-electron chi connectivity index (χ0n) is 8.85. The highest BCUT2D eigenvalue weighted by Crippen LogP contribution is 2.25. The summed E-state index contributed by atoms with van der Waals surface area (Å²) in [4.78, 5) is 12.8. The molecule has 1 aliphatic heterocycles. The maximum absolute atomic E-state index is 10.5. The van der Waals surface area contributed by atoms with Gasteiger partial charge in [-0.2, -0.15) is 11.8 Å². The summed E-state index contributed by atoms with van der Waals surface area (Å²) in [5.74, 6) is 2.48. The number of hydrogen-bond donors (Lipinski definition) is 0. The van der Waals surface area contributed by atoms with Crippen molar-refractivity contribution in [2.75, 3.05) is 23.5 Å². The lowest BCUT2D eigenvalue weighted by Gasteiger charge is -2.25. The van der Waals surface area contributed by atoms with E-state index >= 15 is 0 Å². The quantitative estimate of drug-likeness (QED) is 0.731. The molecule has 1 atom stereocenters. The van der Waals surface area contributed by atoms with Gasteiger partial charge in [0.2, 0.25) is 0 Å². The molecule has 0 aromatic heterocycles. The predicted octanol–water partition coefficient (Wildman–Crippen LogP) is 2.44. The van der Waals surface area contributed by atoms with Crippen molar-refractivity contribution in [3.05, 3.63) is 29.8 Å². The molecule has 0 saturated carbocycles. The molecule has 80 valence electrons. The second-order valence-corrected chi connectivity index (χ2v) is 4.99. The van der Waals surface area contributed by atoms with E-state index in [2.05, 4.69) is 11.9 Å². The van der Waals surface area contributed by atoms with Gasteiger partial charge >= 0.3 is 0 Å². The minimum atomic E-state index is 0.650. The number of carbonyl (C=O) groups is 1. The average Bonchev–Trinajstić information content (AvgIpc) is 2.82. The minimum absolute atomic E-state index is 0.650. The van der Waals surface area contributed by atoms with Gasteiger partial charge < -0.3 is 4.90 Å². The van der Waals surface area contributed by atoms with Gasteiger partial charge in [-0.3, -0.25) is 4.79 Å². The molecule has 2 rings (SSSR count). The van der Waals surface area contributed by atoms with E-state index in [0.717, 1.165) is 11.8 Å². The molecule has 1 aromatic rings. The lowest BCUT2D eigenvalue weighted by Crippen LogP contribution is -2.31. The number of anilines is 1. The SMILES string of the molecule is CN(c1ccc(C=O)cc1)C1CCSC1. The molecule has 0 bridgehead atoms. The number of hydrogen-bond acceptors (Lipinski definition) is 3. The van der Waals surface area contributed by atoms with E-state index < -0.39 is 0 Å². The van der Waals surface area contributed by atoms with Gasteiger partial charge in [-0.05, 0) is 36.4 Å². The van der Waals surface area contributed by atoms with Crippen molar-refractivity contribution in [2.24, 2.45) is 0 Å². The van der Waals surface area contributed by atoms with Crippen molar-refractivity contribution >= 4 is 23.7 Å². The van der Waals surface area contributed by atoms with E-state index in [0.29, 0.717) is 6.04 Å². The number of rotatable bonds is 3. The van der Waals surface area contributed by atoms with Crippen molar-refractivity contribution in [3.8, 4) is 0 Å². The molecule has 0 aliphatic carbocycles. The van der Waals surface area contributed by atoms with Gasteiger partial charge in [0, 0.05) is 30.1 Å². The summed E-state index contributed by atoms with van der Waals surface area (Å²) in [6.07, 6.45) is 2.14. The minimum Gasteiger partial charge on any atom is -0.371 e.